The number of nitrogens with zero attached hydrogens (tertiary/aromatic N) is 2. The van der Waals surface area contributed by atoms with Crippen molar-refractivity contribution in [3.8, 4) is 0 Å². The van der Waals surface area contributed by atoms with Gasteiger partial charge < -0.3 is 43.7 Å². The number of amides is 1. The number of cyclic esters (lactones) is 1. The van der Waals surface area contributed by atoms with Gasteiger partial charge in [0.25, 0.3) is 11.7 Å². The molecule has 404 valence electrons. The van der Waals surface area contributed by atoms with Gasteiger partial charge in [0, 0.05) is 38.6 Å². The minimum Gasteiger partial charge on any atom is -0.461 e. The van der Waals surface area contributed by atoms with Gasteiger partial charge in [-0.2, -0.15) is 0 Å². The molecule has 1 aliphatic carbocycles. The molecule has 0 spiro atoms. The quantitative estimate of drug-likeness (QED) is 0.121. The Morgan fingerprint density at radius 1 is 0.875 bits per heavy atom. The van der Waals surface area contributed by atoms with Crippen molar-refractivity contribution in [3.05, 3.63) is 59.6 Å². The number of rotatable bonds is 8. The summed E-state index contributed by atoms with van der Waals surface area (Å²) in [6, 6.07) is -2.03. The Balaban J connectivity index is 1.50. The Kier molecular flexibility index (Phi) is 21.8. The molecule has 17 nitrogen and oxygen atoms in total. The highest BCUT2D eigenvalue weighted by Gasteiger charge is 2.53. The van der Waals surface area contributed by atoms with Crippen molar-refractivity contribution in [2.24, 2.45) is 35.5 Å². The summed E-state index contributed by atoms with van der Waals surface area (Å²) >= 11 is 0. The van der Waals surface area contributed by atoms with E-state index < -0.39 is 87.9 Å². The van der Waals surface area contributed by atoms with Crippen LogP contribution in [0.5, 0.6) is 0 Å². The number of ether oxygens (including phenoxy) is 4. The highest BCUT2D eigenvalue weighted by Crippen LogP contribution is 2.38. The first kappa shape index (κ1) is 59.0. The molecule has 4 N–H and O–H groups in total. The van der Waals surface area contributed by atoms with Gasteiger partial charge in [0.1, 0.15) is 29.2 Å². The number of aromatic nitrogens is 1. The van der Waals surface area contributed by atoms with E-state index >= 15 is 0 Å². The van der Waals surface area contributed by atoms with Crippen molar-refractivity contribution in [2.45, 2.75) is 198 Å². The third-order valence-electron chi connectivity index (χ3n) is 15.6. The lowest BCUT2D eigenvalue weighted by atomic mass is 9.78. The van der Waals surface area contributed by atoms with E-state index in [2.05, 4.69) is 9.88 Å². The molecule has 1 amide bonds. The third kappa shape index (κ3) is 15.1. The second-order valence-electron chi connectivity index (χ2n) is 21.4. The summed E-state index contributed by atoms with van der Waals surface area (Å²) in [6.07, 6.45) is 13.5. The average molecular weight is 1030 g/mol. The number of sulfonamides is 1. The van der Waals surface area contributed by atoms with Crippen LogP contribution in [0.2, 0.25) is 0 Å². The topological polar surface area (TPSA) is 241 Å². The molecular weight excluding hydrogens is 947 g/mol. The van der Waals surface area contributed by atoms with Crippen LogP contribution >= 0.6 is 0 Å². The number of fused-ring (bicyclic) bond motifs is 3. The maximum absolute atomic E-state index is 14.5. The Bertz CT molecular complexity index is 2240. The highest BCUT2D eigenvalue weighted by molar-refractivity contribution is 7.89. The fourth-order valence-corrected chi connectivity index (χ4v) is 12.4. The number of methoxy groups -OCH3 is 2. The van der Waals surface area contributed by atoms with Gasteiger partial charge in [0.05, 0.1) is 24.5 Å². The molecule has 2 saturated heterocycles. The SMILES string of the molecule is CO[C@@H]1C[C@@H](C[C@@H](C)[C@@H]2CC[C@H](C)/C=C(\C)[C@@H](O)[C@@H](OC)C(=O)[C@H](C)C[C@H](C)/C=C/C=C/C=C(\C)[C@H](NS(=O)(=O)c3cnoc3C)C[C@@H]3CC[C@@H](C)[C@@](O)(O3)C(=O)C(=O)N3CCCC[C@H]3C(=O)O2)CC[C@H]1O. The highest BCUT2D eigenvalue weighted by atomic mass is 32.2. The first-order chi connectivity index (χ1) is 34.0. The first-order valence-corrected chi connectivity index (χ1v) is 27.5. The summed E-state index contributed by atoms with van der Waals surface area (Å²) < 4.78 is 59.2. The van der Waals surface area contributed by atoms with E-state index in [-0.39, 0.29) is 72.0 Å². The molecule has 1 aromatic heterocycles. The van der Waals surface area contributed by atoms with Crippen LogP contribution in [0.1, 0.15) is 138 Å². The minimum atomic E-state index is -4.20. The smallest absolute Gasteiger partial charge is 0.329 e. The number of aliphatic hydroxyl groups is 3. The molecule has 4 heterocycles. The van der Waals surface area contributed by atoms with Crippen LogP contribution in [-0.4, -0.2) is 132 Å². The van der Waals surface area contributed by atoms with E-state index in [1.54, 1.807) is 46.1 Å². The van der Waals surface area contributed by atoms with Crippen LogP contribution < -0.4 is 4.72 Å². The average Bonchev–Trinajstić information content (AvgIpc) is 3.80. The van der Waals surface area contributed by atoms with Crippen molar-refractivity contribution in [1.29, 1.82) is 0 Å². The number of carbonyl (C=O) groups excluding carboxylic acids is 4. The summed E-state index contributed by atoms with van der Waals surface area (Å²) in [5.41, 5.74) is 1.14. The maximum atomic E-state index is 14.5. The lowest BCUT2D eigenvalue weighted by Gasteiger charge is -2.43. The number of piperidine rings is 1. The second-order valence-corrected chi connectivity index (χ2v) is 23.1. The van der Waals surface area contributed by atoms with Crippen LogP contribution in [0, 0.1) is 42.4 Å². The standard InChI is InChI=1S/C54H83N3O14S/c1-32-16-12-11-13-17-34(3)42(56-72(65,66)47-31-55-71-39(47)8)30-41-22-20-38(7)54(64,70-41)51(61)52(62)57-25-15-14-18-43(57)53(63)69-45(35(4)28-40-21-23-44(58)46(29-40)67-9)24-19-33(2)27-37(6)49(60)50(68-10)48(59)36(5)26-32/h11-13,16-17,27,31-33,35-36,38,40-46,49-50,56,58,60,64H,14-15,18-26,28-30H2,1-10H3/b13-11+,16-12+,34-17+,37-27+/t32-,33+,35-,36-,38-,40-,41+,42-,43+,44-,45+,46-,49-,50+,54-/m1/s1. The van der Waals surface area contributed by atoms with Crippen molar-refractivity contribution in [3.63, 3.8) is 0 Å². The molecule has 0 aromatic carbocycles. The number of ketones is 2. The second kappa shape index (κ2) is 26.6. The maximum Gasteiger partial charge on any atom is 0.329 e. The molecule has 1 aromatic rings. The van der Waals surface area contributed by atoms with Crippen LogP contribution in [-0.2, 0) is 48.1 Å². The number of aryl methyl sites for hydroxylation is 1. The van der Waals surface area contributed by atoms with Gasteiger partial charge in [0.2, 0.25) is 15.8 Å². The molecule has 5 rings (SSSR count). The number of carbonyl (C=O) groups is 4. The van der Waals surface area contributed by atoms with Gasteiger partial charge in [-0.3, -0.25) is 14.4 Å². The van der Waals surface area contributed by atoms with Gasteiger partial charge in [-0.05, 0) is 133 Å². The third-order valence-corrected chi connectivity index (χ3v) is 17.1. The summed E-state index contributed by atoms with van der Waals surface area (Å²) in [4.78, 5) is 58.2. The van der Waals surface area contributed by atoms with Gasteiger partial charge >= 0.3 is 5.97 Å². The number of hydrogen-bond acceptors (Lipinski definition) is 15. The Morgan fingerprint density at radius 2 is 1.61 bits per heavy atom. The molecule has 3 aliphatic heterocycles. The molecule has 15 atom stereocenters. The molecule has 3 fully saturated rings. The molecule has 0 radical (unpaired) electrons. The lowest BCUT2D eigenvalue weighted by molar-refractivity contribution is -0.264. The van der Waals surface area contributed by atoms with Crippen LogP contribution in [0.4, 0.5) is 0 Å². The van der Waals surface area contributed by atoms with E-state index in [9.17, 15) is 42.9 Å². The Hall–Kier alpha value is -3.88. The summed E-state index contributed by atoms with van der Waals surface area (Å²) in [5.74, 6) is -7.03. The molecular formula is C54H83N3O14S. The fraction of sp³-hybridized carbons (Fsp3) is 0.722. The number of aliphatic hydroxyl groups excluding tert-OH is 2. The van der Waals surface area contributed by atoms with Crippen molar-refractivity contribution >= 4 is 33.5 Å². The number of Topliss-reactive ketones (excluding diaryl/α,β-unsaturated/α-hetero) is 2. The van der Waals surface area contributed by atoms with E-state index in [1.807, 2.05) is 45.9 Å². The molecule has 2 bridgehead atoms. The van der Waals surface area contributed by atoms with Gasteiger partial charge in [0.15, 0.2) is 11.5 Å². The molecule has 18 heteroatoms. The van der Waals surface area contributed by atoms with Crippen LogP contribution in [0.15, 0.2) is 63.2 Å². The molecule has 72 heavy (non-hydrogen) atoms. The van der Waals surface area contributed by atoms with E-state index in [0.29, 0.717) is 68.9 Å². The van der Waals surface area contributed by atoms with Gasteiger partial charge in [-0.25, -0.2) is 17.9 Å². The zero-order chi connectivity index (χ0) is 53.1. The number of esters is 1. The van der Waals surface area contributed by atoms with Crippen molar-refractivity contribution < 1.29 is 66.4 Å². The predicted molar refractivity (Wildman–Crippen MR) is 269 cm³/mol. The normalized spacial score (nSPS) is 37.8. The monoisotopic (exact) mass is 1030 g/mol. The fourth-order valence-electron chi connectivity index (χ4n) is 11.0. The number of hydrogen-bond donors (Lipinski definition) is 4. The predicted octanol–water partition coefficient (Wildman–Crippen LogP) is 6.63. The van der Waals surface area contributed by atoms with Crippen molar-refractivity contribution in [1.82, 2.24) is 14.8 Å². The summed E-state index contributed by atoms with van der Waals surface area (Å²) in [6.45, 7) is 14.5. The largest absolute Gasteiger partial charge is 0.461 e. The van der Waals surface area contributed by atoms with E-state index in [1.165, 1.54) is 18.9 Å². The Labute approximate surface area is 427 Å². The minimum absolute atomic E-state index is 0.0222. The van der Waals surface area contributed by atoms with Gasteiger partial charge in [-0.1, -0.05) is 81.8 Å². The number of allylic oxidation sites excluding steroid dienone is 6. The lowest BCUT2D eigenvalue weighted by Crippen LogP contribution is -2.61. The zero-order valence-electron chi connectivity index (χ0n) is 44.2. The first-order valence-electron chi connectivity index (χ1n) is 26.1. The molecule has 4 aliphatic rings. The van der Waals surface area contributed by atoms with Crippen molar-refractivity contribution in [2.75, 3.05) is 20.8 Å². The molecule has 1 saturated carbocycles. The Morgan fingerprint density at radius 3 is 2.29 bits per heavy atom. The van der Waals surface area contributed by atoms with Crippen LogP contribution in [0.3, 0.4) is 0 Å². The van der Waals surface area contributed by atoms with E-state index in [0.717, 1.165) is 12.6 Å². The summed E-state index contributed by atoms with van der Waals surface area (Å²) in [7, 11) is -1.20. The molecule has 0 unspecified atom stereocenters. The van der Waals surface area contributed by atoms with Gasteiger partial charge in [-0.15, -0.1) is 0 Å². The number of nitrogens with one attached hydrogen (secondary N) is 1. The summed E-state index contributed by atoms with van der Waals surface area (Å²) in [5, 5.41) is 37.9. The van der Waals surface area contributed by atoms with E-state index in [4.69, 9.17) is 23.5 Å². The zero-order valence-corrected chi connectivity index (χ0v) is 45.0. The van der Waals surface area contributed by atoms with Crippen LogP contribution in [0.25, 0.3) is 0 Å².